The number of hydrogen-bond acceptors (Lipinski definition) is 2. The van der Waals surface area contributed by atoms with Crippen molar-refractivity contribution in [3.8, 4) is 0 Å². The van der Waals surface area contributed by atoms with E-state index in [1.807, 2.05) is 11.5 Å². The van der Waals surface area contributed by atoms with Crippen LogP contribution < -0.4 is 0 Å². The molecule has 4 nitrogen and oxygen atoms in total. The van der Waals surface area contributed by atoms with E-state index < -0.39 is 24.9 Å². The minimum Gasteiger partial charge on any atom is -0.344 e. The van der Waals surface area contributed by atoms with Gasteiger partial charge in [0.05, 0.1) is 6.42 Å². The molecule has 0 saturated carbocycles. The molecule has 102 valence electrons. The monoisotopic (exact) mass is 263 g/mol. The molecule has 0 N–H and O–H groups in total. The highest BCUT2D eigenvalue weighted by molar-refractivity contribution is 5.75. The van der Waals surface area contributed by atoms with E-state index in [1.54, 1.807) is 12.4 Å². The van der Waals surface area contributed by atoms with Crippen molar-refractivity contribution in [3.63, 3.8) is 0 Å². The van der Waals surface area contributed by atoms with Crippen molar-refractivity contribution in [1.82, 2.24) is 14.5 Å². The topological polar surface area (TPSA) is 38.1 Å². The van der Waals surface area contributed by atoms with Gasteiger partial charge in [-0.3, -0.25) is 4.79 Å². The van der Waals surface area contributed by atoms with Crippen LogP contribution in [0.2, 0.25) is 0 Å². The Bertz CT molecular complexity index is 400. The maximum atomic E-state index is 12.0. The second-order valence-electron chi connectivity index (χ2n) is 4.10. The van der Waals surface area contributed by atoms with E-state index in [4.69, 9.17) is 0 Å². The predicted octanol–water partition coefficient (Wildman–Crippen LogP) is 1.99. The highest BCUT2D eigenvalue weighted by atomic mass is 19.4. The molecule has 0 unspecified atom stereocenters. The van der Waals surface area contributed by atoms with Crippen LogP contribution in [0.5, 0.6) is 0 Å². The third-order valence-corrected chi connectivity index (χ3v) is 2.65. The molecular weight excluding hydrogens is 247 g/mol. The second kappa shape index (κ2) is 5.88. The fourth-order valence-electron chi connectivity index (χ4n) is 1.46. The Morgan fingerprint density at radius 3 is 2.67 bits per heavy atom. The van der Waals surface area contributed by atoms with E-state index >= 15 is 0 Å². The fraction of sp³-hybridized carbons (Fsp3) is 0.636. The Balaban J connectivity index is 2.34. The van der Waals surface area contributed by atoms with E-state index in [1.165, 1.54) is 11.9 Å². The number of hydrogen-bond donors (Lipinski definition) is 0. The van der Waals surface area contributed by atoms with Crippen molar-refractivity contribution >= 4 is 5.91 Å². The standard InChI is InChI=1S/C11H16F3N3O/c1-9-15-5-6-17(9)8-7-16(2)10(18)3-4-11(12,13)14/h5-6H,3-4,7-8H2,1-2H3. The molecule has 1 amide bonds. The largest absolute Gasteiger partial charge is 0.389 e. The van der Waals surface area contributed by atoms with Crippen molar-refractivity contribution in [1.29, 1.82) is 0 Å². The molecule has 0 radical (unpaired) electrons. The van der Waals surface area contributed by atoms with Crippen molar-refractivity contribution in [2.75, 3.05) is 13.6 Å². The number of halogens is 3. The minimum absolute atomic E-state index is 0.369. The van der Waals surface area contributed by atoms with Gasteiger partial charge in [-0.2, -0.15) is 13.2 Å². The maximum absolute atomic E-state index is 12.0. The summed E-state index contributed by atoms with van der Waals surface area (Å²) in [6.45, 7) is 2.72. The smallest absolute Gasteiger partial charge is 0.344 e. The van der Waals surface area contributed by atoms with E-state index in [-0.39, 0.29) is 0 Å². The third kappa shape index (κ3) is 4.77. The Labute approximate surface area is 103 Å². The van der Waals surface area contributed by atoms with Gasteiger partial charge < -0.3 is 9.47 Å². The van der Waals surface area contributed by atoms with Gasteiger partial charge >= 0.3 is 6.18 Å². The number of rotatable bonds is 5. The van der Waals surface area contributed by atoms with E-state index in [9.17, 15) is 18.0 Å². The van der Waals surface area contributed by atoms with Gasteiger partial charge in [0.25, 0.3) is 0 Å². The van der Waals surface area contributed by atoms with Gasteiger partial charge in [0.15, 0.2) is 0 Å². The van der Waals surface area contributed by atoms with Crippen LogP contribution in [0.3, 0.4) is 0 Å². The molecule has 1 aromatic heterocycles. The number of likely N-dealkylation sites (N-methyl/N-ethyl adjacent to an activating group) is 1. The molecule has 0 aromatic carbocycles. The number of aromatic nitrogens is 2. The molecule has 1 rings (SSSR count). The number of amides is 1. The molecule has 0 aliphatic carbocycles. The SMILES string of the molecule is Cc1nccn1CCN(C)C(=O)CCC(F)(F)F. The molecule has 0 atom stereocenters. The summed E-state index contributed by atoms with van der Waals surface area (Å²) < 4.78 is 37.7. The molecule has 0 fully saturated rings. The molecule has 0 bridgehead atoms. The lowest BCUT2D eigenvalue weighted by Crippen LogP contribution is -2.31. The zero-order valence-electron chi connectivity index (χ0n) is 10.4. The summed E-state index contributed by atoms with van der Waals surface area (Å²) in [4.78, 5) is 16.8. The highest BCUT2D eigenvalue weighted by Crippen LogP contribution is 2.21. The molecule has 0 aliphatic heterocycles. The van der Waals surface area contributed by atoms with Gasteiger partial charge in [-0.25, -0.2) is 4.98 Å². The number of aryl methyl sites for hydroxylation is 1. The molecule has 0 aliphatic rings. The van der Waals surface area contributed by atoms with Gasteiger partial charge in [0.1, 0.15) is 5.82 Å². The first kappa shape index (κ1) is 14.5. The Hall–Kier alpha value is -1.53. The van der Waals surface area contributed by atoms with Crippen LogP contribution in [-0.4, -0.2) is 40.1 Å². The lowest BCUT2D eigenvalue weighted by atomic mass is 10.3. The predicted molar refractivity (Wildman–Crippen MR) is 59.9 cm³/mol. The molecule has 7 heteroatoms. The Kier molecular flexibility index (Phi) is 4.75. The molecule has 0 saturated heterocycles. The summed E-state index contributed by atoms with van der Waals surface area (Å²) in [5, 5.41) is 0. The molecule has 1 heterocycles. The molecule has 18 heavy (non-hydrogen) atoms. The average Bonchev–Trinajstić information content (AvgIpc) is 2.67. The highest BCUT2D eigenvalue weighted by Gasteiger charge is 2.28. The van der Waals surface area contributed by atoms with Crippen molar-refractivity contribution in [3.05, 3.63) is 18.2 Å². The number of alkyl halides is 3. The summed E-state index contributed by atoms with van der Waals surface area (Å²) in [6, 6.07) is 0. The Morgan fingerprint density at radius 2 is 2.17 bits per heavy atom. The van der Waals surface area contributed by atoms with Crippen molar-refractivity contribution in [2.45, 2.75) is 32.5 Å². The van der Waals surface area contributed by atoms with Crippen LogP contribution in [0.15, 0.2) is 12.4 Å². The van der Waals surface area contributed by atoms with Gasteiger partial charge in [-0.05, 0) is 6.92 Å². The van der Waals surface area contributed by atoms with Crippen LogP contribution in [0, 0.1) is 6.92 Å². The zero-order chi connectivity index (χ0) is 13.8. The van der Waals surface area contributed by atoms with Crippen LogP contribution in [0.4, 0.5) is 13.2 Å². The summed E-state index contributed by atoms with van der Waals surface area (Å²) in [5.74, 6) is 0.316. The van der Waals surface area contributed by atoms with E-state index in [2.05, 4.69) is 4.98 Å². The van der Waals surface area contributed by atoms with Crippen LogP contribution in [0.1, 0.15) is 18.7 Å². The van der Waals surface area contributed by atoms with Gasteiger partial charge in [0, 0.05) is 39.0 Å². The second-order valence-corrected chi connectivity index (χ2v) is 4.10. The first-order valence-corrected chi connectivity index (χ1v) is 5.58. The molecule has 0 spiro atoms. The molecular formula is C11H16F3N3O. The number of nitrogens with zero attached hydrogens (tertiary/aromatic N) is 3. The quantitative estimate of drug-likeness (QED) is 0.814. The van der Waals surface area contributed by atoms with Gasteiger partial charge in [-0.15, -0.1) is 0 Å². The summed E-state index contributed by atoms with van der Waals surface area (Å²) in [5.41, 5.74) is 0. The normalized spacial score (nSPS) is 11.6. The maximum Gasteiger partial charge on any atom is 0.389 e. The lowest BCUT2D eigenvalue weighted by molar-refractivity contribution is -0.148. The number of carbonyl (C=O) groups excluding carboxylic acids is 1. The van der Waals surface area contributed by atoms with E-state index in [0.29, 0.717) is 13.1 Å². The lowest BCUT2D eigenvalue weighted by Gasteiger charge is -2.18. The number of imidazole rings is 1. The van der Waals surface area contributed by atoms with E-state index in [0.717, 1.165) is 5.82 Å². The van der Waals surface area contributed by atoms with Crippen LogP contribution >= 0.6 is 0 Å². The van der Waals surface area contributed by atoms with Crippen molar-refractivity contribution in [2.24, 2.45) is 0 Å². The first-order valence-electron chi connectivity index (χ1n) is 5.58. The first-order chi connectivity index (χ1) is 8.29. The van der Waals surface area contributed by atoms with Crippen molar-refractivity contribution < 1.29 is 18.0 Å². The third-order valence-electron chi connectivity index (χ3n) is 2.65. The summed E-state index contributed by atoms with van der Waals surface area (Å²) in [7, 11) is 1.50. The number of carbonyl (C=O) groups is 1. The van der Waals surface area contributed by atoms with Gasteiger partial charge in [0.2, 0.25) is 5.91 Å². The average molecular weight is 263 g/mol. The zero-order valence-corrected chi connectivity index (χ0v) is 10.4. The fourth-order valence-corrected chi connectivity index (χ4v) is 1.46. The summed E-state index contributed by atoms with van der Waals surface area (Å²) >= 11 is 0. The minimum atomic E-state index is -4.28. The summed E-state index contributed by atoms with van der Waals surface area (Å²) in [6.07, 6.45) is -2.44. The van der Waals surface area contributed by atoms with Crippen LogP contribution in [-0.2, 0) is 11.3 Å². The van der Waals surface area contributed by atoms with Gasteiger partial charge in [-0.1, -0.05) is 0 Å². The molecule has 1 aromatic rings. The Morgan fingerprint density at radius 1 is 1.50 bits per heavy atom. The van der Waals surface area contributed by atoms with Crippen LogP contribution in [0.25, 0.3) is 0 Å².